The van der Waals surface area contributed by atoms with Gasteiger partial charge in [0.05, 0.1) is 0 Å². The van der Waals surface area contributed by atoms with Gasteiger partial charge < -0.3 is 0 Å². The highest BCUT2D eigenvalue weighted by Crippen LogP contribution is 2.06. The van der Waals surface area contributed by atoms with Crippen LogP contribution in [-0.2, 0) is 11.2 Å². The third kappa shape index (κ3) is 2.96. The van der Waals surface area contributed by atoms with Crippen LogP contribution in [0.1, 0.15) is 5.56 Å². The van der Waals surface area contributed by atoms with Crippen molar-refractivity contribution in [3.05, 3.63) is 35.6 Å². The first-order valence-corrected chi connectivity index (χ1v) is 4.19. The lowest BCUT2D eigenvalue weighted by Crippen LogP contribution is -1.92. The summed E-state index contributed by atoms with van der Waals surface area (Å²) in [6.45, 7) is 0. The lowest BCUT2D eigenvalue weighted by atomic mass is 10.2. The van der Waals surface area contributed by atoms with Crippen LogP contribution >= 0.6 is 22.6 Å². The topological polar surface area (TPSA) is 17.1 Å². The van der Waals surface area contributed by atoms with Crippen LogP contribution in [-0.4, -0.2) is 3.79 Å². The van der Waals surface area contributed by atoms with Gasteiger partial charge in [0.1, 0.15) is 5.82 Å². The van der Waals surface area contributed by atoms with E-state index in [0.29, 0.717) is 6.42 Å². The molecule has 0 aromatic heterocycles. The first-order valence-electron chi connectivity index (χ1n) is 3.11. The normalized spacial score (nSPS) is 9.64. The standard InChI is InChI=1S/C8H6FIO/c9-7-3-1-2-6(4-7)5-8(10)11/h1-4H,5H2. The van der Waals surface area contributed by atoms with E-state index in [9.17, 15) is 9.18 Å². The van der Waals surface area contributed by atoms with E-state index in [1.54, 1.807) is 34.7 Å². The van der Waals surface area contributed by atoms with Gasteiger partial charge in [0.25, 0.3) is 0 Å². The molecule has 0 unspecified atom stereocenters. The van der Waals surface area contributed by atoms with E-state index in [-0.39, 0.29) is 9.61 Å². The molecule has 1 rings (SSSR count). The Bertz CT molecular complexity index is 273. The van der Waals surface area contributed by atoms with E-state index < -0.39 is 0 Å². The van der Waals surface area contributed by atoms with Crippen molar-refractivity contribution in [1.29, 1.82) is 0 Å². The fraction of sp³-hybridized carbons (Fsp3) is 0.125. The molecule has 0 atom stereocenters. The van der Waals surface area contributed by atoms with Gasteiger partial charge in [-0.05, 0) is 40.3 Å². The molecule has 58 valence electrons. The fourth-order valence-corrected chi connectivity index (χ4v) is 1.25. The molecule has 11 heavy (non-hydrogen) atoms. The lowest BCUT2D eigenvalue weighted by molar-refractivity contribution is -0.108. The average Bonchev–Trinajstić information content (AvgIpc) is 1.85. The zero-order valence-electron chi connectivity index (χ0n) is 5.68. The maximum atomic E-state index is 12.5. The second kappa shape index (κ2) is 3.80. The minimum absolute atomic E-state index is 0.0215. The van der Waals surface area contributed by atoms with Gasteiger partial charge in [0, 0.05) is 6.42 Å². The molecule has 0 bridgehead atoms. The summed E-state index contributed by atoms with van der Waals surface area (Å²) in [5.41, 5.74) is 0.726. The Labute approximate surface area is 77.8 Å². The Morgan fingerprint density at radius 2 is 2.27 bits per heavy atom. The molecule has 0 saturated carbocycles. The highest BCUT2D eigenvalue weighted by Gasteiger charge is 1.98. The van der Waals surface area contributed by atoms with Gasteiger partial charge in [-0.3, -0.25) is 4.79 Å². The Hall–Kier alpha value is -0.450. The number of carbonyl (C=O) groups excluding carboxylic acids is 1. The summed E-state index contributed by atoms with van der Waals surface area (Å²) in [5, 5.41) is 0. The lowest BCUT2D eigenvalue weighted by Gasteiger charge is -1.94. The maximum absolute atomic E-state index is 12.5. The van der Waals surface area contributed by atoms with Crippen LogP contribution in [0.5, 0.6) is 0 Å². The largest absolute Gasteiger partial charge is 0.287 e. The van der Waals surface area contributed by atoms with Crippen molar-refractivity contribution in [2.75, 3.05) is 0 Å². The molecule has 0 fully saturated rings. The molecule has 1 aromatic carbocycles. The second-order valence-electron chi connectivity index (χ2n) is 2.16. The molecule has 0 aliphatic carbocycles. The van der Waals surface area contributed by atoms with Gasteiger partial charge in [-0.2, -0.15) is 0 Å². The molecule has 3 heteroatoms. The van der Waals surface area contributed by atoms with E-state index in [4.69, 9.17) is 0 Å². The van der Waals surface area contributed by atoms with Crippen molar-refractivity contribution in [2.24, 2.45) is 0 Å². The highest BCUT2D eigenvalue weighted by atomic mass is 127. The predicted octanol–water partition coefficient (Wildman–Crippen LogP) is 2.33. The smallest absolute Gasteiger partial charge is 0.196 e. The SMILES string of the molecule is O=C(I)Cc1cccc(F)c1. The van der Waals surface area contributed by atoms with Crippen molar-refractivity contribution in [2.45, 2.75) is 6.42 Å². The van der Waals surface area contributed by atoms with Crippen LogP contribution in [0.15, 0.2) is 24.3 Å². The van der Waals surface area contributed by atoms with Gasteiger partial charge in [-0.1, -0.05) is 12.1 Å². The van der Waals surface area contributed by atoms with Crippen LogP contribution in [0.2, 0.25) is 0 Å². The second-order valence-corrected chi connectivity index (χ2v) is 3.37. The number of carbonyl (C=O) groups is 1. The summed E-state index contributed by atoms with van der Waals surface area (Å²) >= 11 is 1.70. The minimum Gasteiger partial charge on any atom is -0.287 e. The Morgan fingerprint density at radius 3 is 2.82 bits per heavy atom. The van der Waals surface area contributed by atoms with Crippen molar-refractivity contribution in [1.82, 2.24) is 0 Å². The van der Waals surface area contributed by atoms with Gasteiger partial charge in [0.2, 0.25) is 0 Å². The molecule has 0 aliphatic heterocycles. The quantitative estimate of drug-likeness (QED) is 0.591. The van der Waals surface area contributed by atoms with Crippen LogP contribution in [0, 0.1) is 5.82 Å². The van der Waals surface area contributed by atoms with E-state index in [2.05, 4.69) is 0 Å². The minimum atomic E-state index is -0.292. The van der Waals surface area contributed by atoms with Crippen molar-refractivity contribution < 1.29 is 9.18 Å². The monoisotopic (exact) mass is 264 g/mol. The molecule has 0 saturated heterocycles. The number of halogens is 2. The molecular weight excluding hydrogens is 258 g/mol. The van der Waals surface area contributed by atoms with Crippen LogP contribution in [0.4, 0.5) is 4.39 Å². The van der Waals surface area contributed by atoms with E-state index in [0.717, 1.165) is 5.56 Å². The first-order chi connectivity index (χ1) is 5.18. The van der Waals surface area contributed by atoms with Gasteiger partial charge in [0.15, 0.2) is 3.79 Å². The van der Waals surface area contributed by atoms with Gasteiger partial charge >= 0.3 is 0 Å². The third-order valence-corrected chi connectivity index (χ3v) is 1.61. The number of hydrogen-bond acceptors (Lipinski definition) is 1. The van der Waals surface area contributed by atoms with Crippen molar-refractivity contribution in [3.8, 4) is 0 Å². The van der Waals surface area contributed by atoms with E-state index >= 15 is 0 Å². The molecule has 0 aliphatic rings. The number of rotatable bonds is 2. The maximum Gasteiger partial charge on any atom is 0.196 e. The van der Waals surface area contributed by atoms with Crippen LogP contribution in [0.3, 0.4) is 0 Å². The third-order valence-electron chi connectivity index (χ3n) is 1.23. The van der Waals surface area contributed by atoms with Gasteiger partial charge in [-0.25, -0.2) is 4.39 Å². The summed E-state index contributed by atoms with van der Waals surface area (Å²) in [5.74, 6) is -0.292. The average molecular weight is 264 g/mol. The molecule has 1 nitrogen and oxygen atoms in total. The predicted molar refractivity (Wildman–Crippen MR) is 49.1 cm³/mol. The first kappa shape index (κ1) is 8.64. The summed E-state index contributed by atoms with van der Waals surface area (Å²) < 4.78 is 12.5. The Kier molecular flexibility index (Phi) is 2.99. The molecule has 0 radical (unpaired) electrons. The molecule has 0 amide bonds. The van der Waals surface area contributed by atoms with Crippen molar-refractivity contribution in [3.63, 3.8) is 0 Å². The highest BCUT2D eigenvalue weighted by molar-refractivity contribution is 14.1. The summed E-state index contributed by atoms with van der Waals surface area (Å²) in [7, 11) is 0. The van der Waals surface area contributed by atoms with Gasteiger partial charge in [-0.15, -0.1) is 0 Å². The number of benzene rings is 1. The summed E-state index contributed by atoms with van der Waals surface area (Å²) in [6.07, 6.45) is 0.304. The molecule has 0 heterocycles. The molecule has 0 spiro atoms. The molecule has 0 N–H and O–H groups in total. The zero-order chi connectivity index (χ0) is 8.27. The molecule has 1 aromatic rings. The molecular formula is C8H6FIO. The fourth-order valence-electron chi connectivity index (χ4n) is 0.807. The van der Waals surface area contributed by atoms with E-state index in [1.807, 2.05) is 0 Å². The Balaban J connectivity index is 2.79. The summed E-state index contributed by atoms with van der Waals surface area (Å²) in [6, 6.07) is 6.07. The zero-order valence-corrected chi connectivity index (χ0v) is 7.84. The van der Waals surface area contributed by atoms with Crippen LogP contribution < -0.4 is 0 Å². The summed E-state index contributed by atoms with van der Waals surface area (Å²) in [4.78, 5) is 10.6. The Morgan fingerprint density at radius 1 is 1.55 bits per heavy atom. The van der Waals surface area contributed by atoms with Crippen molar-refractivity contribution >= 4 is 26.4 Å². The number of hydrogen-bond donors (Lipinski definition) is 0. The van der Waals surface area contributed by atoms with E-state index in [1.165, 1.54) is 12.1 Å². The van der Waals surface area contributed by atoms with Crippen LogP contribution in [0.25, 0.3) is 0 Å².